The standard InChI is InChI=1S/C28H28FN7O2/c1-35-11-9-18(10-12-35)16-38-27-15-24-20(14-26(27)37-2)28(31-17-30-24)32-22-8-7-19(13-21(22)29)36-25-6-4-3-5-23(25)33-34-36/h3-8,13-15,17-18H,9-12,16H2,1-2H3,(H,30,31,32). The van der Waals surface area contributed by atoms with Crippen LogP contribution in [0.3, 0.4) is 0 Å². The van der Waals surface area contributed by atoms with Crippen molar-refractivity contribution in [1.29, 1.82) is 0 Å². The zero-order valence-electron chi connectivity index (χ0n) is 21.3. The van der Waals surface area contributed by atoms with E-state index < -0.39 is 5.82 Å². The lowest BCUT2D eigenvalue weighted by Gasteiger charge is -2.28. The van der Waals surface area contributed by atoms with Crippen LogP contribution in [-0.4, -0.2) is 63.7 Å². The number of likely N-dealkylation sites (tertiary alicyclic amines) is 1. The fraction of sp³-hybridized carbons (Fsp3) is 0.286. The molecule has 194 valence electrons. The summed E-state index contributed by atoms with van der Waals surface area (Å²) >= 11 is 0. The smallest absolute Gasteiger partial charge is 0.163 e. The number of hydrogen-bond donors (Lipinski definition) is 1. The van der Waals surface area contributed by atoms with E-state index in [9.17, 15) is 0 Å². The number of halogens is 1. The second-order valence-corrected chi connectivity index (χ2v) is 9.58. The number of nitrogens with one attached hydrogen (secondary N) is 1. The monoisotopic (exact) mass is 513 g/mol. The largest absolute Gasteiger partial charge is 0.493 e. The van der Waals surface area contributed by atoms with Gasteiger partial charge in [0.05, 0.1) is 36.1 Å². The van der Waals surface area contributed by atoms with Gasteiger partial charge in [0.25, 0.3) is 0 Å². The Hall–Kier alpha value is -4.31. The van der Waals surface area contributed by atoms with Crippen molar-refractivity contribution in [3.8, 4) is 17.2 Å². The molecule has 1 aliphatic rings. The first-order chi connectivity index (χ1) is 18.6. The third kappa shape index (κ3) is 4.70. The van der Waals surface area contributed by atoms with Gasteiger partial charge in [0.15, 0.2) is 11.5 Å². The van der Waals surface area contributed by atoms with Gasteiger partial charge >= 0.3 is 0 Å². The first kappa shape index (κ1) is 24.1. The summed E-state index contributed by atoms with van der Waals surface area (Å²) in [6.45, 7) is 2.79. The fourth-order valence-corrected chi connectivity index (χ4v) is 4.80. The van der Waals surface area contributed by atoms with E-state index in [-0.39, 0.29) is 5.69 Å². The van der Waals surface area contributed by atoms with Crippen LogP contribution in [0.25, 0.3) is 27.6 Å². The number of ether oxygens (including phenoxy) is 2. The Bertz CT molecular complexity index is 1600. The molecule has 3 aromatic carbocycles. The summed E-state index contributed by atoms with van der Waals surface area (Å²) in [5.41, 5.74) is 3.07. The molecule has 0 aliphatic carbocycles. The van der Waals surface area contributed by atoms with Crippen molar-refractivity contribution in [3.63, 3.8) is 0 Å². The lowest BCUT2D eigenvalue weighted by molar-refractivity contribution is 0.157. The van der Waals surface area contributed by atoms with Crippen LogP contribution in [0.5, 0.6) is 11.5 Å². The molecule has 1 fully saturated rings. The van der Waals surface area contributed by atoms with E-state index >= 15 is 4.39 Å². The highest BCUT2D eigenvalue weighted by Crippen LogP contribution is 2.36. The topological polar surface area (TPSA) is 90.2 Å². The van der Waals surface area contributed by atoms with Crippen LogP contribution in [0.4, 0.5) is 15.9 Å². The van der Waals surface area contributed by atoms with Crippen molar-refractivity contribution in [2.75, 3.05) is 39.2 Å². The molecule has 6 rings (SSSR count). The van der Waals surface area contributed by atoms with E-state index in [4.69, 9.17) is 9.47 Å². The Kier molecular flexibility index (Phi) is 6.47. The Morgan fingerprint density at radius 1 is 1.00 bits per heavy atom. The van der Waals surface area contributed by atoms with Crippen molar-refractivity contribution in [3.05, 3.63) is 66.7 Å². The average molecular weight is 514 g/mol. The van der Waals surface area contributed by atoms with E-state index in [0.717, 1.165) is 37.0 Å². The van der Waals surface area contributed by atoms with Crippen LogP contribution in [0.1, 0.15) is 12.8 Å². The molecule has 0 atom stereocenters. The molecular formula is C28H28FN7O2. The zero-order chi connectivity index (χ0) is 26.1. The summed E-state index contributed by atoms with van der Waals surface area (Å²) in [7, 11) is 3.75. The summed E-state index contributed by atoms with van der Waals surface area (Å²) in [4.78, 5) is 11.1. The second-order valence-electron chi connectivity index (χ2n) is 9.58. The van der Waals surface area contributed by atoms with E-state index in [1.54, 1.807) is 23.9 Å². The maximum Gasteiger partial charge on any atom is 0.163 e. The maximum atomic E-state index is 15.2. The number of methoxy groups -OCH3 is 1. The molecule has 0 saturated carbocycles. The molecule has 3 heterocycles. The SMILES string of the molecule is COc1cc2c(Nc3ccc(-n4nnc5ccccc54)cc3F)ncnc2cc1OCC1CCN(C)CC1. The minimum Gasteiger partial charge on any atom is -0.493 e. The Morgan fingerprint density at radius 2 is 1.84 bits per heavy atom. The van der Waals surface area contributed by atoms with Crippen molar-refractivity contribution in [2.24, 2.45) is 5.92 Å². The molecule has 1 saturated heterocycles. The molecule has 0 bridgehead atoms. The van der Waals surface area contributed by atoms with Crippen LogP contribution in [0.15, 0.2) is 60.9 Å². The highest BCUT2D eigenvalue weighted by molar-refractivity contribution is 5.93. The molecule has 9 nitrogen and oxygen atoms in total. The maximum absolute atomic E-state index is 15.2. The van der Waals surface area contributed by atoms with Gasteiger partial charge in [-0.15, -0.1) is 5.10 Å². The molecule has 0 radical (unpaired) electrons. The minimum atomic E-state index is -0.445. The Morgan fingerprint density at radius 3 is 2.66 bits per heavy atom. The van der Waals surface area contributed by atoms with E-state index in [1.807, 2.05) is 36.4 Å². The fourth-order valence-electron chi connectivity index (χ4n) is 4.80. The first-order valence-electron chi connectivity index (χ1n) is 12.6. The minimum absolute atomic E-state index is 0.278. The van der Waals surface area contributed by atoms with Gasteiger partial charge in [0.2, 0.25) is 0 Å². The molecule has 0 spiro atoms. The number of rotatable bonds is 7. The number of piperidine rings is 1. The third-order valence-corrected chi connectivity index (χ3v) is 7.04. The molecule has 1 aliphatic heterocycles. The van der Waals surface area contributed by atoms with E-state index in [2.05, 4.69) is 37.5 Å². The first-order valence-corrected chi connectivity index (χ1v) is 12.6. The predicted octanol–water partition coefficient (Wildman–Crippen LogP) is 4.98. The van der Waals surface area contributed by atoms with Crippen molar-refractivity contribution in [1.82, 2.24) is 29.9 Å². The van der Waals surface area contributed by atoms with Gasteiger partial charge in [-0.2, -0.15) is 0 Å². The molecule has 1 N–H and O–H groups in total. The summed E-state index contributed by atoms with van der Waals surface area (Å²) in [5.74, 6) is 1.75. The third-order valence-electron chi connectivity index (χ3n) is 7.04. The molecule has 38 heavy (non-hydrogen) atoms. The van der Waals surface area contributed by atoms with Crippen LogP contribution in [0.2, 0.25) is 0 Å². The second kappa shape index (κ2) is 10.2. The summed E-state index contributed by atoms with van der Waals surface area (Å²) in [6, 6.07) is 16.1. The Balaban J connectivity index is 1.25. The number of anilines is 2. The molecule has 0 unspecified atom stereocenters. The van der Waals surface area contributed by atoms with Crippen LogP contribution >= 0.6 is 0 Å². The number of nitrogens with zero attached hydrogens (tertiary/aromatic N) is 6. The predicted molar refractivity (Wildman–Crippen MR) is 144 cm³/mol. The Labute approximate surface area is 219 Å². The molecular weight excluding hydrogens is 485 g/mol. The molecule has 10 heteroatoms. The molecule has 2 aromatic heterocycles. The number of hydrogen-bond acceptors (Lipinski definition) is 8. The number of benzene rings is 3. The van der Waals surface area contributed by atoms with Crippen LogP contribution in [-0.2, 0) is 0 Å². The zero-order valence-corrected chi connectivity index (χ0v) is 21.3. The van der Waals surface area contributed by atoms with Gasteiger partial charge in [-0.25, -0.2) is 19.0 Å². The number of fused-ring (bicyclic) bond motifs is 2. The average Bonchev–Trinajstić information content (AvgIpc) is 3.38. The molecule has 5 aromatic rings. The van der Waals surface area contributed by atoms with Crippen molar-refractivity contribution >= 4 is 33.4 Å². The van der Waals surface area contributed by atoms with Gasteiger partial charge in [0.1, 0.15) is 23.5 Å². The van der Waals surface area contributed by atoms with Gasteiger partial charge in [-0.1, -0.05) is 17.3 Å². The summed E-state index contributed by atoms with van der Waals surface area (Å²) < 4.78 is 28.6. The quantitative estimate of drug-likeness (QED) is 0.326. The van der Waals surface area contributed by atoms with Gasteiger partial charge in [-0.3, -0.25) is 0 Å². The van der Waals surface area contributed by atoms with Gasteiger partial charge in [0, 0.05) is 17.5 Å². The van der Waals surface area contributed by atoms with Crippen molar-refractivity contribution in [2.45, 2.75) is 12.8 Å². The van der Waals surface area contributed by atoms with Crippen LogP contribution in [0, 0.1) is 11.7 Å². The van der Waals surface area contributed by atoms with E-state index in [1.165, 1.54) is 12.4 Å². The number of para-hydroxylation sites is 1. The normalized spacial score (nSPS) is 14.7. The number of aromatic nitrogens is 5. The highest BCUT2D eigenvalue weighted by Gasteiger charge is 2.19. The van der Waals surface area contributed by atoms with Gasteiger partial charge < -0.3 is 19.7 Å². The lowest BCUT2D eigenvalue weighted by Crippen LogP contribution is -2.32. The highest BCUT2D eigenvalue weighted by atomic mass is 19.1. The molecule has 0 amide bonds. The van der Waals surface area contributed by atoms with Crippen molar-refractivity contribution < 1.29 is 13.9 Å². The summed E-state index contributed by atoms with van der Waals surface area (Å²) in [5, 5.41) is 12.1. The van der Waals surface area contributed by atoms with E-state index in [0.29, 0.717) is 46.4 Å². The lowest BCUT2D eigenvalue weighted by atomic mass is 9.98. The summed E-state index contributed by atoms with van der Waals surface area (Å²) in [6.07, 6.45) is 3.67. The van der Waals surface area contributed by atoms with Crippen LogP contribution < -0.4 is 14.8 Å². The van der Waals surface area contributed by atoms with Gasteiger partial charge in [-0.05, 0) is 69.2 Å².